The molecule has 0 bridgehead atoms. The average molecular weight is 278 g/mol. The maximum Gasteiger partial charge on any atom is 0.232 e. The van der Waals surface area contributed by atoms with E-state index in [1.54, 1.807) is 28.8 Å². The summed E-state index contributed by atoms with van der Waals surface area (Å²) in [4.78, 5) is 13.5. The first kappa shape index (κ1) is 15.5. The number of hydrogen-bond donors (Lipinski definition) is 1. The Labute approximate surface area is 118 Å². The highest BCUT2D eigenvalue weighted by Crippen LogP contribution is 2.13. The van der Waals surface area contributed by atoms with Gasteiger partial charge in [-0.05, 0) is 24.6 Å². The highest BCUT2D eigenvalue weighted by Gasteiger charge is 2.10. The van der Waals surface area contributed by atoms with Gasteiger partial charge in [-0.1, -0.05) is 12.1 Å². The molecule has 0 fully saturated rings. The van der Waals surface area contributed by atoms with Crippen molar-refractivity contribution >= 4 is 17.7 Å². The standard InChI is InChI=1S/C14H18N2O2S/c1-2-16(7-8-17)14(18)11-19-10-13-5-3-12(9-15)4-6-13/h3-6,17H,2,7-8,10-11H2,1H3. The van der Waals surface area contributed by atoms with Crippen LogP contribution in [0, 0.1) is 11.3 Å². The van der Waals surface area contributed by atoms with Crippen molar-refractivity contribution in [2.24, 2.45) is 0 Å². The summed E-state index contributed by atoms with van der Waals surface area (Å²) in [6, 6.07) is 9.44. The maximum atomic E-state index is 11.8. The van der Waals surface area contributed by atoms with Crippen LogP contribution in [0.25, 0.3) is 0 Å². The second-order valence-corrected chi connectivity index (χ2v) is 4.98. The van der Waals surface area contributed by atoms with Gasteiger partial charge in [0.15, 0.2) is 0 Å². The van der Waals surface area contributed by atoms with Crippen molar-refractivity contribution in [3.05, 3.63) is 35.4 Å². The minimum atomic E-state index is -0.000130. The number of thioether (sulfide) groups is 1. The zero-order valence-electron chi connectivity index (χ0n) is 11.0. The Morgan fingerprint density at radius 2 is 2.11 bits per heavy atom. The number of nitrogens with zero attached hydrogens (tertiary/aromatic N) is 2. The summed E-state index contributed by atoms with van der Waals surface area (Å²) in [5, 5.41) is 17.5. The molecule has 1 aromatic carbocycles. The minimum absolute atomic E-state index is 0.000130. The molecule has 19 heavy (non-hydrogen) atoms. The van der Waals surface area contributed by atoms with Crippen LogP contribution in [-0.4, -0.2) is 41.4 Å². The summed E-state index contributed by atoms with van der Waals surface area (Å²) in [6.07, 6.45) is 0. The molecule has 0 aliphatic rings. The van der Waals surface area contributed by atoms with Gasteiger partial charge in [-0.2, -0.15) is 5.26 Å². The number of carbonyl (C=O) groups excluding carboxylic acids is 1. The van der Waals surface area contributed by atoms with Gasteiger partial charge >= 0.3 is 0 Å². The molecule has 1 rings (SSSR count). The van der Waals surface area contributed by atoms with E-state index in [0.717, 1.165) is 11.3 Å². The fourth-order valence-corrected chi connectivity index (χ4v) is 2.49. The quantitative estimate of drug-likeness (QED) is 0.823. The first-order valence-electron chi connectivity index (χ1n) is 6.16. The second kappa shape index (κ2) is 8.57. The third-order valence-electron chi connectivity index (χ3n) is 2.68. The van der Waals surface area contributed by atoms with Gasteiger partial charge in [-0.3, -0.25) is 4.79 Å². The minimum Gasteiger partial charge on any atom is -0.395 e. The highest BCUT2D eigenvalue weighted by atomic mass is 32.2. The van der Waals surface area contributed by atoms with E-state index in [0.29, 0.717) is 24.4 Å². The number of aliphatic hydroxyl groups excluding tert-OH is 1. The molecule has 4 nitrogen and oxygen atoms in total. The average Bonchev–Trinajstić information content (AvgIpc) is 2.45. The van der Waals surface area contributed by atoms with E-state index in [-0.39, 0.29) is 12.5 Å². The lowest BCUT2D eigenvalue weighted by molar-refractivity contribution is -0.128. The topological polar surface area (TPSA) is 64.3 Å². The van der Waals surface area contributed by atoms with Crippen LogP contribution in [0.4, 0.5) is 0 Å². The molecular weight excluding hydrogens is 260 g/mol. The molecule has 1 aromatic rings. The molecule has 0 spiro atoms. The molecule has 0 radical (unpaired) electrons. The summed E-state index contributed by atoms with van der Waals surface area (Å²) in [5.74, 6) is 1.21. The zero-order valence-corrected chi connectivity index (χ0v) is 11.8. The lowest BCUT2D eigenvalue weighted by atomic mass is 10.2. The molecule has 1 amide bonds. The van der Waals surface area contributed by atoms with Crippen LogP contribution in [-0.2, 0) is 10.5 Å². The van der Waals surface area contributed by atoms with Gasteiger partial charge in [-0.25, -0.2) is 0 Å². The molecule has 0 aliphatic heterocycles. The van der Waals surface area contributed by atoms with Gasteiger partial charge in [0, 0.05) is 18.8 Å². The Morgan fingerprint density at radius 3 is 2.63 bits per heavy atom. The van der Waals surface area contributed by atoms with E-state index in [9.17, 15) is 4.79 Å². The maximum absolute atomic E-state index is 11.8. The van der Waals surface area contributed by atoms with E-state index < -0.39 is 0 Å². The van der Waals surface area contributed by atoms with Crippen molar-refractivity contribution in [2.75, 3.05) is 25.4 Å². The van der Waals surface area contributed by atoms with E-state index in [1.165, 1.54) is 0 Å². The summed E-state index contributed by atoms with van der Waals surface area (Å²) in [5.41, 5.74) is 1.74. The van der Waals surface area contributed by atoms with Crippen molar-refractivity contribution in [2.45, 2.75) is 12.7 Å². The summed E-state index contributed by atoms with van der Waals surface area (Å²) in [6.45, 7) is 2.92. The van der Waals surface area contributed by atoms with Crippen LogP contribution in [0.2, 0.25) is 0 Å². The van der Waals surface area contributed by atoms with Crippen LogP contribution in [0.1, 0.15) is 18.1 Å². The summed E-state index contributed by atoms with van der Waals surface area (Å²) >= 11 is 1.54. The molecule has 0 saturated heterocycles. The van der Waals surface area contributed by atoms with Crippen molar-refractivity contribution in [3.63, 3.8) is 0 Å². The van der Waals surface area contributed by atoms with Gasteiger partial charge in [0.2, 0.25) is 5.91 Å². The molecule has 0 heterocycles. The fraction of sp³-hybridized carbons (Fsp3) is 0.429. The molecule has 0 aliphatic carbocycles. The fourth-order valence-electron chi connectivity index (χ4n) is 1.60. The first-order chi connectivity index (χ1) is 9.21. The Morgan fingerprint density at radius 1 is 1.42 bits per heavy atom. The number of benzene rings is 1. The molecule has 0 aromatic heterocycles. The van der Waals surface area contributed by atoms with E-state index >= 15 is 0 Å². The van der Waals surface area contributed by atoms with E-state index in [4.69, 9.17) is 10.4 Å². The predicted octanol–water partition coefficient (Wildman–Crippen LogP) is 1.63. The van der Waals surface area contributed by atoms with Gasteiger partial charge < -0.3 is 10.0 Å². The predicted molar refractivity (Wildman–Crippen MR) is 76.7 cm³/mol. The van der Waals surface area contributed by atoms with E-state index in [2.05, 4.69) is 6.07 Å². The number of rotatable bonds is 7. The van der Waals surface area contributed by atoms with Crippen LogP contribution >= 0.6 is 11.8 Å². The van der Waals surface area contributed by atoms with Crippen molar-refractivity contribution in [1.82, 2.24) is 4.90 Å². The number of nitriles is 1. The SMILES string of the molecule is CCN(CCO)C(=O)CSCc1ccc(C#N)cc1. The summed E-state index contributed by atoms with van der Waals surface area (Å²) in [7, 11) is 0. The van der Waals surface area contributed by atoms with Crippen LogP contribution < -0.4 is 0 Å². The van der Waals surface area contributed by atoms with Crippen LogP contribution in [0.3, 0.4) is 0 Å². The molecule has 102 valence electrons. The Bertz CT molecular complexity index is 440. The lowest BCUT2D eigenvalue weighted by Crippen LogP contribution is -2.34. The van der Waals surface area contributed by atoms with Crippen molar-refractivity contribution in [3.8, 4) is 6.07 Å². The molecule has 1 N–H and O–H groups in total. The van der Waals surface area contributed by atoms with Gasteiger partial charge in [-0.15, -0.1) is 11.8 Å². The van der Waals surface area contributed by atoms with Crippen LogP contribution in [0.5, 0.6) is 0 Å². The number of carbonyl (C=O) groups is 1. The molecule has 0 saturated carbocycles. The van der Waals surface area contributed by atoms with Crippen molar-refractivity contribution in [1.29, 1.82) is 5.26 Å². The van der Waals surface area contributed by atoms with Crippen LogP contribution in [0.15, 0.2) is 24.3 Å². The number of aliphatic hydroxyl groups is 1. The van der Waals surface area contributed by atoms with Gasteiger partial charge in [0.05, 0.1) is 24.0 Å². The third kappa shape index (κ3) is 5.33. The summed E-state index contributed by atoms with van der Waals surface area (Å²) < 4.78 is 0. The Kier molecular flexibility index (Phi) is 7.01. The van der Waals surface area contributed by atoms with Gasteiger partial charge in [0.25, 0.3) is 0 Å². The molecular formula is C14H18N2O2S. The zero-order chi connectivity index (χ0) is 14.1. The number of likely N-dealkylation sites (N-methyl/N-ethyl adjacent to an activating group) is 1. The molecule has 0 unspecified atom stereocenters. The largest absolute Gasteiger partial charge is 0.395 e. The number of amides is 1. The third-order valence-corrected chi connectivity index (χ3v) is 3.67. The number of hydrogen-bond acceptors (Lipinski definition) is 4. The Balaban J connectivity index is 2.36. The molecule has 5 heteroatoms. The first-order valence-corrected chi connectivity index (χ1v) is 7.32. The normalized spacial score (nSPS) is 9.95. The monoisotopic (exact) mass is 278 g/mol. The lowest BCUT2D eigenvalue weighted by Gasteiger charge is -2.19. The van der Waals surface area contributed by atoms with Gasteiger partial charge in [0.1, 0.15) is 0 Å². The molecule has 0 atom stereocenters. The highest BCUT2D eigenvalue weighted by molar-refractivity contribution is 7.99. The second-order valence-electron chi connectivity index (χ2n) is 4.00. The Hall–Kier alpha value is -1.51. The van der Waals surface area contributed by atoms with E-state index in [1.807, 2.05) is 19.1 Å². The van der Waals surface area contributed by atoms with Crippen molar-refractivity contribution < 1.29 is 9.90 Å². The smallest absolute Gasteiger partial charge is 0.232 e.